The number of carbonyl (C=O) groups is 2. The molecule has 0 fully saturated rings. The number of rotatable bonds is 4. The maximum atomic E-state index is 13.2. The van der Waals surface area contributed by atoms with E-state index in [0.717, 1.165) is 10.1 Å². The van der Waals surface area contributed by atoms with E-state index in [1.165, 1.54) is 18.5 Å². The first-order chi connectivity index (χ1) is 11.5. The van der Waals surface area contributed by atoms with Crippen molar-refractivity contribution in [2.75, 3.05) is 0 Å². The Morgan fingerprint density at radius 2 is 2.12 bits per heavy atom. The van der Waals surface area contributed by atoms with Crippen LogP contribution >= 0.6 is 0 Å². The molecule has 8 nitrogen and oxygen atoms in total. The van der Waals surface area contributed by atoms with Crippen LogP contribution in [0, 0.1) is 12.7 Å². The predicted octanol–water partition coefficient (Wildman–Crippen LogP) is 0.601. The Labute approximate surface area is 135 Å². The highest BCUT2D eigenvalue weighted by molar-refractivity contribution is 5.97. The lowest BCUT2D eigenvalue weighted by Crippen LogP contribution is -2.26. The number of carbonyl (C=O) groups excluding carboxylic acids is 2. The van der Waals surface area contributed by atoms with E-state index in [1.807, 2.05) is 0 Å². The second-order valence-electron chi connectivity index (χ2n) is 5.13. The zero-order valence-electron chi connectivity index (χ0n) is 12.7. The number of aryl methyl sites for hydroxylation is 1. The summed E-state index contributed by atoms with van der Waals surface area (Å²) in [6.45, 7) is 1.83. The topological polar surface area (TPSA) is 115 Å². The zero-order valence-corrected chi connectivity index (χ0v) is 12.7. The Kier molecular flexibility index (Phi) is 3.90. The van der Waals surface area contributed by atoms with Crippen molar-refractivity contribution in [2.45, 2.75) is 13.5 Å². The minimum atomic E-state index is -0.754. The summed E-state index contributed by atoms with van der Waals surface area (Å²) in [6, 6.07) is 5.80. The van der Waals surface area contributed by atoms with E-state index in [1.54, 1.807) is 19.1 Å². The van der Waals surface area contributed by atoms with Gasteiger partial charge in [0.05, 0.1) is 0 Å². The van der Waals surface area contributed by atoms with Crippen molar-refractivity contribution in [1.29, 1.82) is 0 Å². The maximum absolute atomic E-state index is 13.2. The summed E-state index contributed by atoms with van der Waals surface area (Å²) in [7, 11) is 0. The molecule has 0 unspecified atom stereocenters. The van der Waals surface area contributed by atoms with Crippen LogP contribution in [0.25, 0.3) is 5.78 Å². The van der Waals surface area contributed by atoms with Crippen molar-refractivity contribution in [1.82, 2.24) is 24.9 Å². The van der Waals surface area contributed by atoms with Gasteiger partial charge in [0.1, 0.15) is 23.5 Å². The highest BCUT2D eigenvalue weighted by Crippen LogP contribution is 2.10. The van der Waals surface area contributed by atoms with E-state index in [2.05, 4.69) is 20.4 Å². The lowest BCUT2D eigenvalue weighted by Gasteiger charge is -2.07. The lowest BCUT2D eigenvalue weighted by molar-refractivity contribution is 0.0946. The molecule has 0 spiro atoms. The maximum Gasteiger partial charge on any atom is 0.270 e. The number of primary amides is 1. The molecule has 0 atom stereocenters. The summed E-state index contributed by atoms with van der Waals surface area (Å²) in [4.78, 5) is 31.6. The first-order valence-corrected chi connectivity index (χ1v) is 6.99. The molecule has 9 heteroatoms. The monoisotopic (exact) mass is 328 g/mol. The van der Waals surface area contributed by atoms with Gasteiger partial charge in [0.2, 0.25) is 0 Å². The highest BCUT2D eigenvalue weighted by Gasteiger charge is 2.16. The minimum Gasteiger partial charge on any atom is -0.364 e. The van der Waals surface area contributed by atoms with E-state index >= 15 is 0 Å². The van der Waals surface area contributed by atoms with Gasteiger partial charge in [0.25, 0.3) is 17.6 Å². The minimum absolute atomic E-state index is 0.000256. The van der Waals surface area contributed by atoms with Gasteiger partial charge in [-0.15, -0.1) is 0 Å². The molecule has 2 heterocycles. The van der Waals surface area contributed by atoms with E-state index < -0.39 is 11.8 Å². The Morgan fingerprint density at radius 3 is 2.83 bits per heavy atom. The van der Waals surface area contributed by atoms with Gasteiger partial charge in [-0.3, -0.25) is 9.59 Å². The number of hydrogen-bond donors (Lipinski definition) is 2. The van der Waals surface area contributed by atoms with E-state index in [4.69, 9.17) is 5.73 Å². The van der Waals surface area contributed by atoms with Crippen molar-refractivity contribution >= 4 is 17.6 Å². The number of benzene rings is 1. The number of nitrogens with one attached hydrogen (secondary N) is 1. The highest BCUT2D eigenvalue weighted by atomic mass is 19.1. The van der Waals surface area contributed by atoms with E-state index in [-0.39, 0.29) is 29.5 Å². The lowest BCUT2D eigenvalue weighted by atomic mass is 10.1. The van der Waals surface area contributed by atoms with Crippen LogP contribution in [0.3, 0.4) is 0 Å². The number of aromatic nitrogens is 4. The van der Waals surface area contributed by atoms with Gasteiger partial charge in [-0.2, -0.15) is 14.6 Å². The van der Waals surface area contributed by atoms with Gasteiger partial charge in [-0.1, -0.05) is 12.1 Å². The third-order valence-corrected chi connectivity index (χ3v) is 3.41. The molecule has 0 saturated heterocycles. The molecular weight excluding hydrogens is 315 g/mol. The number of nitrogens with zero attached hydrogens (tertiary/aromatic N) is 4. The Balaban J connectivity index is 1.83. The predicted molar refractivity (Wildman–Crippen MR) is 81.6 cm³/mol. The van der Waals surface area contributed by atoms with Gasteiger partial charge < -0.3 is 11.1 Å². The molecule has 2 amide bonds. The van der Waals surface area contributed by atoms with Crippen LogP contribution in [-0.4, -0.2) is 31.4 Å². The van der Waals surface area contributed by atoms with Crippen LogP contribution < -0.4 is 11.1 Å². The van der Waals surface area contributed by atoms with Gasteiger partial charge >= 0.3 is 0 Å². The van der Waals surface area contributed by atoms with Crippen molar-refractivity contribution in [2.24, 2.45) is 5.73 Å². The summed E-state index contributed by atoms with van der Waals surface area (Å²) in [6.07, 6.45) is 1.21. The molecule has 0 aliphatic heterocycles. The van der Waals surface area contributed by atoms with Crippen molar-refractivity contribution in [3.05, 3.63) is 58.9 Å². The molecule has 1 aromatic carbocycles. The van der Waals surface area contributed by atoms with E-state index in [9.17, 15) is 14.0 Å². The fraction of sp³-hybridized carbons (Fsp3) is 0.133. The second-order valence-corrected chi connectivity index (χ2v) is 5.13. The second kappa shape index (κ2) is 6.03. The van der Waals surface area contributed by atoms with E-state index in [0.29, 0.717) is 5.56 Å². The Bertz CT molecular complexity index is 952. The SMILES string of the molecule is Cc1cc(CNC(=O)c2cc(C(N)=O)n3ncnc3n2)ccc1F. The van der Waals surface area contributed by atoms with Crippen LogP contribution in [0.1, 0.15) is 32.1 Å². The molecule has 0 bridgehead atoms. The van der Waals surface area contributed by atoms with Crippen LogP contribution in [0.2, 0.25) is 0 Å². The van der Waals surface area contributed by atoms with Crippen molar-refractivity contribution in [3.63, 3.8) is 0 Å². The molecular formula is C15H13FN6O2. The van der Waals surface area contributed by atoms with Gasteiger partial charge in [-0.25, -0.2) is 9.37 Å². The first kappa shape index (κ1) is 15.5. The van der Waals surface area contributed by atoms with Crippen molar-refractivity contribution in [3.8, 4) is 0 Å². The molecule has 0 radical (unpaired) electrons. The molecule has 2 aromatic heterocycles. The Hall–Kier alpha value is -3.36. The van der Waals surface area contributed by atoms with Crippen LogP contribution in [0.5, 0.6) is 0 Å². The van der Waals surface area contributed by atoms with Crippen LogP contribution in [0.15, 0.2) is 30.6 Å². The number of amides is 2. The quantitative estimate of drug-likeness (QED) is 0.728. The molecule has 0 aliphatic carbocycles. The summed E-state index contributed by atoms with van der Waals surface area (Å²) >= 11 is 0. The number of fused-ring (bicyclic) bond motifs is 1. The average Bonchev–Trinajstić information content (AvgIpc) is 3.03. The summed E-state index contributed by atoms with van der Waals surface area (Å²) < 4.78 is 14.4. The molecule has 122 valence electrons. The molecule has 3 rings (SSSR count). The fourth-order valence-electron chi connectivity index (χ4n) is 2.19. The third-order valence-electron chi connectivity index (χ3n) is 3.41. The van der Waals surface area contributed by atoms with Crippen molar-refractivity contribution < 1.29 is 14.0 Å². The fourth-order valence-corrected chi connectivity index (χ4v) is 2.19. The Morgan fingerprint density at radius 1 is 1.33 bits per heavy atom. The summed E-state index contributed by atoms with van der Waals surface area (Å²) in [5, 5.41) is 6.48. The third kappa shape index (κ3) is 2.91. The normalized spacial score (nSPS) is 10.8. The largest absolute Gasteiger partial charge is 0.364 e. The van der Waals surface area contributed by atoms with Crippen LogP contribution in [-0.2, 0) is 6.54 Å². The molecule has 3 N–H and O–H groups in total. The standard InChI is InChI=1S/C15H13FN6O2/c1-8-4-9(2-3-10(8)16)6-18-14(24)11-5-12(13(17)23)22-15(21-11)19-7-20-22/h2-5,7H,6H2,1H3,(H2,17,23)(H,18,24). The smallest absolute Gasteiger partial charge is 0.270 e. The van der Waals surface area contributed by atoms with Gasteiger partial charge in [0, 0.05) is 12.6 Å². The number of nitrogens with two attached hydrogens (primary N) is 1. The van der Waals surface area contributed by atoms with Gasteiger partial charge in [-0.05, 0) is 24.1 Å². The molecule has 24 heavy (non-hydrogen) atoms. The number of halogens is 1. The first-order valence-electron chi connectivity index (χ1n) is 6.99. The molecule has 0 aliphatic rings. The summed E-state index contributed by atoms with van der Waals surface area (Å²) in [5.41, 5.74) is 6.49. The van der Waals surface area contributed by atoms with Gasteiger partial charge in [0.15, 0.2) is 0 Å². The zero-order chi connectivity index (χ0) is 17.3. The van der Waals surface area contributed by atoms with Crippen LogP contribution in [0.4, 0.5) is 4.39 Å². The summed E-state index contributed by atoms with van der Waals surface area (Å²) in [5.74, 6) is -1.48. The molecule has 0 saturated carbocycles. The molecule has 3 aromatic rings. The number of hydrogen-bond acceptors (Lipinski definition) is 5. The average molecular weight is 328 g/mol.